The van der Waals surface area contributed by atoms with Crippen LogP contribution in [-0.4, -0.2) is 17.1 Å². The molecule has 2 aromatic rings. The topological polar surface area (TPSA) is 61.0 Å². The van der Waals surface area contributed by atoms with Crippen molar-refractivity contribution >= 4 is 17.4 Å². The predicted octanol–water partition coefficient (Wildman–Crippen LogP) is 2.67. The summed E-state index contributed by atoms with van der Waals surface area (Å²) in [6.07, 6.45) is 3.43. The summed E-state index contributed by atoms with van der Waals surface area (Å²) in [6.45, 7) is 1.91. The normalized spacial score (nSPS) is 10.4. The molecule has 2 N–H and O–H groups in total. The number of hydrogen-bond donors (Lipinski definition) is 1. The summed E-state index contributed by atoms with van der Waals surface area (Å²) in [5.41, 5.74) is 7.06. The van der Waals surface area contributed by atoms with Gasteiger partial charge in [0.15, 0.2) is 16.7 Å². The quantitative estimate of drug-likeness (QED) is 0.683. The van der Waals surface area contributed by atoms with E-state index in [2.05, 4.69) is 9.97 Å². The van der Waals surface area contributed by atoms with Crippen LogP contribution >= 0.6 is 11.8 Å². The van der Waals surface area contributed by atoms with E-state index in [9.17, 15) is 4.39 Å². The zero-order chi connectivity index (χ0) is 13.1. The van der Waals surface area contributed by atoms with Crippen LogP contribution in [-0.2, 0) is 0 Å². The Hall–Kier alpha value is -1.82. The van der Waals surface area contributed by atoms with Gasteiger partial charge in [0.25, 0.3) is 0 Å². The highest BCUT2D eigenvalue weighted by atomic mass is 32.2. The van der Waals surface area contributed by atoms with Gasteiger partial charge in [0.2, 0.25) is 0 Å². The van der Waals surface area contributed by atoms with E-state index in [1.54, 1.807) is 18.5 Å². The molecule has 18 heavy (non-hydrogen) atoms. The van der Waals surface area contributed by atoms with Crippen LogP contribution in [0, 0.1) is 12.7 Å². The zero-order valence-corrected chi connectivity index (χ0v) is 10.8. The monoisotopic (exact) mass is 265 g/mol. The van der Waals surface area contributed by atoms with Gasteiger partial charge < -0.3 is 10.5 Å². The molecule has 0 unspecified atom stereocenters. The summed E-state index contributed by atoms with van der Waals surface area (Å²) in [4.78, 5) is 8.97. The van der Waals surface area contributed by atoms with Crippen molar-refractivity contribution in [1.82, 2.24) is 9.97 Å². The average Bonchev–Trinajstić information content (AvgIpc) is 2.35. The molecule has 94 valence electrons. The molecule has 0 aliphatic carbocycles. The lowest BCUT2D eigenvalue weighted by atomic mass is 10.3. The first-order valence-electron chi connectivity index (χ1n) is 5.19. The van der Waals surface area contributed by atoms with Crippen LogP contribution in [0.4, 0.5) is 10.1 Å². The van der Waals surface area contributed by atoms with E-state index in [0.717, 1.165) is 5.56 Å². The summed E-state index contributed by atoms with van der Waals surface area (Å²) >= 11 is 1.27. The molecule has 1 aromatic heterocycles. The Morgan fingerprint density at radius 3 is 2.56 bits per heavy atom. The number of hydrogen-bond acceptors (Lipinski definition) is 5. The third kappa shape index (κ3) is 2.70. The number of aryl methyl sites for hydroxylation is 1. The molecule has 0 atom stereocenters. The van der Waals surface area contributed by atoms with Gasteiger partial charge in [-0.2, -0.15) is 0 Å². The van der Waals surface area contributed by atoms with E-state index >= 15 is 0 Å². The van der Waals surface area contributed by atoms with Crippen LogP contribution in [0.3, 0.4) is 0 Å². The first-order valence-corrected chi connectivity index (χ1v) is 6.01. The Labute approximate surface area is 108 Å². The van der Waals surface area contributed by atoms with Crippen LogP contribution in [0.2, 0.25) is 0 Å². The summed E-state index contributed by atoms with van der Waals surface area (Å²) in [5, 5.41) is 0.556. The molecule has 0 fully saturated rings. The van der Waals surface area contributed by atoms with Gasteiger partial charge in [0, 0.05) is 29.0 Å². The molecule has 0 radical (unpaired) electrons. The molecule has 0 saturated carbocycles. The van der Waals surface area contributed by atoms with Crippen molar-refractivity contribution in [3.05, 3.63) is 35.9 Å². The molecule has 0 saturated heterocycles. The third-order valence-corrected chi connectivity index (χ3v) is 3.21. The zero-order valence-electron chi connectivity index (χ0n) is 9.98. The minimum Gasteiger partial charge on any atom is -0.494 e. The molecule has 0 amide bonds. The van der Waals surface area contributed by atoms with Gasteiger partial charge in [-0.1, -0.05) is 0 Å². The van der Waals surface area contributed by atoms with Gasteiger partial charge in [0.1, 0.15) is 0 Å². The van der Waals surface area contributed by atoms with Crippen molar-refractivity contribution in [2.45, 2.75) is 17.0 Å². The second-order valence-electron chi connectivity index (χ2n) is 3.67. The van der Waals surface area contributed by atoms with E-state index in [0.29, 0.717) is 15.7 Å². The minimum absolute atomic E-state index is 0.152. The fraction of sp³-hybridized carbons (Fsp3) is 0.167. The molecule has 0 aliphatic heterocycles. The maximum absolute atomic E-state index is 13.4. The van der Waals surface area contributed by atoms with E-state index in [1.807, 2.05) is 6.92 Å². The van der Waals surface area contributed by atoms with Gasteiger partial charge in [-0.25, -0.2) is 14.4 Å². The van der Waals surface area contributed by atoms with Crippen LogP contribution < -0.4 is 10.5 Å². The van der Waals surface area contributed by atoms with Crippen LogP contribution in [0.25, 0.3) is 0 Å². The Morgan fingerprint density at radius 2 is 1.94 bits per heavy atom. The number of anilines is 1. The number of nitrogens with two attached hydrogens (primary N) is 1. The van der Waals surface area contributed by atoms with Crippen molar-refractivity contribution in [1.29, 1.82) is 0 Å². The fourth-order valence-corrected chi connectivity index (χ4v) is 2.08. The first kappa shape index (κ1) is 12.6. The van der Waals surface area contributed by atoms with Gasteiger partial charge in [-0.15, -0.1) is 0 Å². The Bertz CT molecular complexity index is 560. The van der Waals surface area contributed by atoms with E-state index in [-0.39, 0.29) is 5.75 Å². The molecule has 0 bridgehead atoms. The van der Waals surface area contributed by atoms with E-state index < -0.39 is 5.82 Å². The smallest absolute Gasteiger partial charge is 0.192 e. The number of nitrogen functional groups attached to an aromatic ring is 1. The Kier molecular flexibility index (Phi) is 3.66. The molecule has 1 heterocycles. The molecule has 1 aromatic carbocycles. The SMILES string of the molecule is COc1cc(Sc2ncc(C)cn2)c(N)cc1F. The predicted molar refractivity (Wildman–Crippen MR) is 68.3 cm³/mol. The van der Waals surface area contributed by atoms with Crippen LogP contribution in [0.1, 0.15) is 5.56 Å². The molecule has 2 rings (SSSR count). The largest absolute Gasteiger partial charge is 0.494 e. The number of rotatable bonds is 3. The average molecular weight is 265 g/mol. The van der Waals surface area contributed by atoms with Crippen molar-refractivity contribution in [3.8, 4) is 5.75 Å². The first-order chi connectivity index (χ1) is 8.60. The third-order valence-electron chi connectivity index (χ3n) is 2.24. The van der Waals surface area contributed by atoms with Crippen LogP contribution in [0.5, 0.6) is 5.75 Å². The van der Waals surface area contributed by atoms with Crippen molar-refractivity contribution in [2.24, 2.45) is 0 Å². The lowest BCUT2D eigenvalue weighted by Crippen LogP contribution is -1.95. The lowest BCUT2D eigenvalue weighted by molar-refractivity contribution is 0.385. The second kappa shape index (κ2) is 5.22. The van der Waals surface area contributed by atoms with Gasteiger partial charge in [0.05, 0.1) is 7.11 Å². The minimum atomic E-state index is -0.482. The number of benzene rings is 1. The number of aromatic nitrogens is 2. The highest BCUT2D eigenvalue weighted by Crippen LogP contribution is 2.34. The number of methoxy groups -OCH3 is 1. The summed E-state index contributed by atoms with van der Waals surface area (Å²) < 4.78 is 18.3. The maximum Gasteiger partial charge on any atom is 0.192 e. The summed E-state index contributed by atoms with van der Waals surface area (Å²) in [6, 6.07) is 2.77. The van der Waals surface area contributed by atoms with Gasteiger partial charge in [-0.3, -0.25) is 0 Å². The molecule has 4 nitrogen and oxygen atoms in total. The van der Waals surface area contributed by atoms with E-state index in [1.165, 1.54) is 24.9 Å². The number of halogens is 1. The summed E-state index contributed by atoms with van der Waals surface area (Å²) in [7, 11) is 1.41. The lowest BCUT2D eigenvalue weighted by Gasteiger charge is -2.08. The van der Waals surface area contributed by atoms with Crippen LogP contribution in [0.15, 0.2) is 34.6 Å². The van der Waals surface area contributed by atoms with Gasteiger partial charge in [-0.05, 0) is 30.3 Å². The molecule has 0 spiro atoms. The van der Waals surface area contributed by atoms with Crippen molar-refractivity contribution in [2.75, 3.05) is 12.8 Å². The second-order valence-corrected chi connectivity index (χ2v) is 4.68. The standard InChI is InChI=1S/C12H12FN3OS/c1-7-5-15-12(16-6-7)18-11-4-10(17-2)8(13)3-9(11)14/h3-6H,14H2,1-2H3. The Balaban J connectivity index is 2.31. The van der Waals surface area contributed by atoms with Gasteiger partial charge >= 0.3 is 0 Å². The molecular formula is C12H12FN3OS. The number of ether oxygens (including phenoxy) is 1. The van der Waals surface area contributed by atoms with Crippen molar-refractivity contribution in [3.63, 3.8) is 0 Å². The fourth-order valence-electron chi connectivity index (χ4n) is 1.33. The molecule has 0 aliphatic rings. The number of nitrogens with zero attached hydrogens (tertiary/aromatic N) is 2. The maximum atomic E-state index is 13.4. The Morgan fingerprint density at radius 1 is 1.28 bits per heavy atom. The van der Waals surface area contributed by atoms with E-state index in [4.69, 9.17) is 10.5 Å². The molecule has 6 heteroatoms. The highest BCUT2D eigenvalue weighted by molar-refractivity contribution is 7.99. The summed E-state index contributed by atoms with van der Waals surface area (Å²) in [5.74, 6) is -0.331. The van der Waals surface area contributed by atoms with Crippen molar-refractivity contribution < 1.29 is 9.13 Å². The highest BCUT2D eigenvalue weighted by Gasteiger charge is 2.10. The molecular weight excluding hydrogens is 253 g/mol.